The number of fused-ring (bicyclic) bond motifs is 1. The SMILES string of the molecule is C=CCN(CC=C)C(=O)Cn1ncc2ccccc2c1=O. The van der Waals surface area contributed by atoms with Crippen molar-refractivity contribution in [1.82, 2.24) is 14.7 Å². The molecule has 5 nitrogen and oxygen atoms in total. The summed E-state index contributed by atoms with van der Waals surface area (Å²) in [5, 5.41) is 5.37. The lowest BCUT2D eigenvalue weighted by Crippen LogP contribution is -2.37. The monoisotopic (exact) mass is 283 g/mol. The van der Waals surface area contributed by atoms with Crippen molar-refractivity contribution < 1.29 is 4.79 Å². The van der Waals surface area contributed by atoms with E-state index in [0.29, 0.717) is 18.5 Å². The molecule has 0 aliphatic heterocycles. The van der Waals surface area contributed by atoms with Gasteiger partial charge in [-0.15, -0.1) is 13.2 Å². The van der Waals surface area contributed by atoms with Crippen molar-refractivity contribution in [2.24, 2.45) is 0 Å². The first-order valence-corrected chi connectivity index (χ1v) is 6.61. The Kier molecular flexibility index (Phi) is 4.66. The number of hydrogen-bond acceptors (Lipinski definition) is 3. The molecule has 0 radical (unpaired) electrons. The minimum absolute atomic E-state index is 0.0919. The predicted octanol–water partition coefficient (Wildman–Crippen LogP) is 1.60. The summed E-state index contributed by atoms with van der Waals surface area (Å²) in [6.45, 7) is 7.96. The van der Waals surface area contributed by atoms with Gasteiger partial charge in [-0.05, 0) is 6.07 Å². The molecule has 108 valence electrons. The summed E-state index contributed by atoms with van der Waals surface area (Å²) in [6, 6.07) is 7.18. The molecule has 2 rings (SSSR count). The van der Waals surface area contributed by atoms with Gasteiger partial charge in [0.05, 0.1) is 11.6 Å². The molecule has 0 N–H and O–H groups in total. The number of benzene rings is 1. The molecule has 0 aliphatic carbocycles. The lowest BCUT2D eigenvalue weighted by Gasteiger charge is -2.19. The largest absolute Gasteiger partial charge is 0.334 e. The lowest BCUT2D eigenvalue weighted by atomic mass is 10.2. The second kappa shape index (κ2) is 6.65. The molecule has 0 saturated heterocycles. The molecule has 0 spiro atoms. The summed E-state index contributed by atoms with van der Waals surface area (Å²) in [7, 11) is 0. The fraction of sp³-hybridized carbons (Fsp3) is 0.188. The van der Waals surface area contributed by atoms with Gasteiger partial charge in [0.15, 0.2) is 0 Å². The van der Waals surface area contributed by atoms with E-state index in [2.05, 4.69) is 18.3 Å². The number of carbonyl (C=O) groups excluding carboxylic acids is 1. The Hall–Kier alpha value is -2.69. The third-order valence-electron chi connectivity index (χ3n) is 3.10. The van der Waals surface area contributed by atoms with Crippen molar-refractivity contribution in [2.75, 3.05) is 13.1 Å². The third kappa shape index (κ3) is 3.25. The van der Waals surface area contributed by atoms with Gasteiger partial charge >= 0.3 is 0 Å². The number of rotatable bonds is 6. The van der Waals surface area contributed by atoms with Crippen LogP contribution in [0, 0.1) is 0 Å². The average molecular weight is 283 g/mol. The minimum Gasteiger partial charge on any atom is -0.334 e. The first kappa shape index (κ1) is 14.7. The Morgan fingerprint density at radius 2 is 1.90 bits per heavy atom. The van der Waals surface area contributed by atoms with Crippen LogP contribution < -0.4 is 5.56 Å². The maximum absolute atomic E-state index is 12.3. The van der Waals surface area contributed by atoms with Gasteiger partial charge in [-0.3, -0.25) is 9.59 Å². The molecule has 1 aromatic carbocycles. The maximum Gasteiger partial charge on any atom is 0.275 e. The quantitative estimate of drug-likeness (QED) is 0.757. The van der Waals surface area contributed by atoms with Crippen LogP contribution in [0.15, 0.2) is 60.6 Å². The molecule has 1 amide bonds. The molecule has 0 unspecified atom stereocenters. The van der Waals surface area contributed by atoms with E-state index in [0.717, 1.165) is 5.39 Å². The molecule has 1 aromatic heterocycles. The lowest BCUT2D eigenvalue weighted by molar-refractivity contribution is -0.131. The molecule has 5 heteroatoms. The molecule has 0 bridgehead atoms. The number of aromatic nitrogens is 2. The van der Waals surface area contributed by atoms with E-state index in [-0.39, 0.29) is 18.0 Å². The van der Waals surface area contributed by atoms with Crippen LogP contribution in [0.4, 0.5) is 0 Å². The fourth-order valence-electron chi connectivity index (χ4n) is 2.06. The Bertz CT molecular complexity index is 724. The minimum atomic E-state index is -0.265. The smallest absolute Gasteiger partial charge is 0.275 e. The van der Waals surface area contributed by atoms with Gasteiger partial charge in [0, 0.05) is 18.5 Å². The van der Waals surface area contributed by atoms with Crippen LogP contribution in [0.2, 0.25) is 0 Å². The summed E-state index contributed by atoms with van der Waals surface area (Å²) in [5.74, 6) is -0.195. The highest BCUT2D eigenvalue weighted by Gasteiger charge is 2.13. The van der Waals surface area contributed by atoms with Crippen LogP contribution in [0.1, 0.15) is 0 Å². The van der Waals surface area contributed by atoms with Crippen LogP contribution in [0.5, 0.6) is 0 Å². The Labute approximate surface area is 122 Å². The van der Waals surface area contributed by atoms with Crippen molar-refractivity contribution in [3.8, 4) is 0 Å². The molecule has 0 fully saturated rings. The Balaban J connectivity index is 2.28. The van der Waals surface area contributed by atoms with E-state index in [4.69, 9.17) is 0 Å². The zero-order valence-corrected chi connectivity index (χ0v) is 11.7. The first-order chi connectivity index (χ1) is 10.2. The van der Waals surface area contributed by atoms with E-state index in [1.165, 1.54) is 4.68 Å². The predicted molar refractivity (Wildman–Crippen MR) is 83.0 cm³/mol. The van der Waals surface area contributed by atoms with Crippen LogP contribution in [-0.2, 0) is 11.3 Å². The molecule has 0 saturated carbocycles. The van der Waals surface area contributed by atoms with Gasteiger partial charge in [0.25, 0.3) is 5.56 Å². The zero-order valence-electron chi connectivity index (χ0n) is 11.7. The van der Waals surface area contributed by atoms with Crippen molar-refractivity contribution in [2.45, 2.75) is 6.54 Å². The van der Waals surface area contributed by atoms with E-state index < -0.39 is 0 Å². The van der Waals surface area contributed by atoms with E-state index in [9.17, 15) is 9.59 Å². The van der Waals surface area contributed by atoms with Crippen molar-refractivity contribution in [3.63, 3.8) is 0 Å². The molecule has 0 aliphatic rings. The van der Waals surface area contributed by atoms with Crippen LogP contribution in [0.3, 0.4) is 0 Å². The van der Waals surface area contributed by atoms with Gasteiger partial charge in [-0.1, -0.05) is 30.4 Å². The fourth-order valence-corrected chi connectivity index (χ4v) is 2.06. The molecule has 21 heavy (non-hydrogen) atoms. The van der Waals surface area contributed by atoms with Crippen molar-refractivity contribution in [1.29, 1.82) is 0 Å². The highest BCUT2D eigenvalue weighted by Crippen LogP contribution is 2.06. The number of nitrogens with zero attached hydrogens (tertiary/aromatic N) is 3. The molecular weight excluding hydrogens is 266 g/mol. The number of hydrogen-bond donors (Lipinski definition) is 0. The topological polar surface area (TPSA) is 55.2 Å². The maximum atomic E-state index is 12.3. The zero-order chi connectivity index (χ0) is 15.2. The molecule has 1 heterocycles. The van der Waals surface area contributed by atoms with Gasteiger partial charge in [0.2, 0.25) is 5.91 Å². The Morgan fingerprint density at radius 1 is 1.24 bits per heavy atom. The van der Waals surface area contributed by atoms with Crippen LogP contribution in [0.25, 0.3) is 10.8 Å². The van der Waals surface area contributed by atoms with E-state index in [1.807, 2.05) is 12.1 Å². The number of amides is 1. The molecule has 2 aromatic rings. The third-order valence-corrected chi connectivity index (χ3v) is 3.10. The second-order valence-electron chi connectivity index (χ2n) is 4.57. The highest BCUT2D eigenvalue weighted by molar-refractivity contribution is 5.81. The summed E-state index contributed by atoms with van der Waals surface area (Å²) in [4.78, 5) is 26.1. The standard InChI is InChI=1S/C16H17N3O2/c1-3-9-18(10-4-2)15(20)12-19-16(21)14-8-6-5-7-13(14)11-17-19/h3-8,11H,1-2,9-10,12H2. The summed E-state index contributed by atoms with van der Waals surface area (Å²) < 4.78 is 1.18. The normalized spacial score (nSPS) is 10.3. The summed E-state index contributed by atoms with van der Waals surface area (Å²) in [6.07, 6.45) is 4.87. The molecular formula is C16H17N3O2. The van der Waals surface area contributed by atoms with Crippen molar-refractivity contribution in [3.05, 3.63) is 66.1 Å². The first-order valence-electron chi connectivity index (χ1n) is 6.61. The van der Waals surface area contributed by atoms with Gasteiger partial charge in [-0.2, -0.15) is 5.10 Å². The van der Waals surface area contributed by atoms with Gasteiger partial charge in [-0.25, -0.2) is 4.68 Å². The second-order valence-corrected chi connectivity index (χ2v) is 4.57. The number of carbonyl (C=O) groups is 1. The Morgan fingerprint density at radius 3 is 2.57 bits per heavy atom. The highest BCUT2D eigenvalue weighted by atomic mass is 16.2. The van der Waals surface area contributed by atoms with E-state index in [1.54, 1.807) is 35.4 Å². The summed E-state index contributed by atoms with van der Waals surface area (Å²) in [5.41, 5.74) is -0.265. The van der Waals surface area contributed by atoms with E-state index >= 15 is 0 Å². The summed E-state index contributed by atoms with van der Waals surface area (Å²) >= 11 is 0. The van der Waals surface area contributed by atoms with Gasteiger partial charge in [0.1, 0.15) is 6.54 Å². The molecule has 0 atom stereocenters. The van der Waals surface area contributed by atoms with Crippen molar-refractivity contribution >= 4 is 16.7 Å². The van der Waals surface area contributed by atoms with Gasteiger partial charge < -0.3 is 4.90 Å². The van der Waals surface area contributed by atoms with Crippen LogP contribution in [-0.4, -0.2) is 33.7 Å². The average Bonchev–Trinajstić information content (AvgIpc) is 2.50. The van der Waals surface area contributed by atoms with Crippen LogP contribution >= 0.6 is 0 Å².